The molecule has 0 spiro atoms. The van der Waals surface area contributed by atoms with Gasteiger partial charge in [-0.3, -0.25) is 14.4 Å². The van der Waals surface area contributed by atoms with E-state index in [-0.39, 0.29) is 6.54 Å². The maximum Gasteiger partial charge on any atom is 0.337 e. The van der Waals surface area contributed by atoms with Crippen molar-refractivity contribution in [3.63, 3.8) is 0 Å². The normalized spacial score (nSPS) is 10.2. The highest BCUT2D eigenvalue weighted by atomic mass is 16.5. The zero-order valence-electron chi connectivity index (χ0n) is 15.7. The lowest BCUT2D eigenvalue weighted by Gasteiger charge is -2.07. The van der Waals surface area contributed by atoms with Crippen LogP contribution in [0.2, 0.25) is 0 Å². The molecule has 8 heteroatoms. The quantitative estimate of drug-likeness (QED) is 0.520. The van der Waals surface area contributed by atoms with Crippen LogP contribution in [0.25, 0.3) is 6.08 Å². The van der Waals surface area contributed by atoms with Crippen LogP contribution >= 0.6 is 0 Å². The number of hydrogen-bond donors (Lipinski definition) is 2. The summed E-state index contributed by atoms with van der Waals surface area (Å²) in [6.07, 6.45) is 2.91. The Hall–Kier alpha value is -3.94. The molecule has 0 fully saturated rings. The molecule has 0 bridgehead atoms. The van der Waals surface area contributed by atoms with E-state index in [9.17, 15) is 19.2 Å². The minimum atomic E-state index is -0.748. The summed E-state index contributed by atoms with van der Waals surface area (Å²) in [5.41, 5.74) is 1.62. The standard InChI is InChI=1S/C21H20N2O6/c1-28-21(27)16-8-10-17(11-9-16)23-19(25)14-29-20(26)13-22-18(24)12-7-15-5-3-2-4-6-15/h2-12H,13-14H2,1H3,(H,22,24)(H,23,25)/b12-7+. The second-order valence-electron chi connectivity index (χ2n) is 5.74. The summed E-state index contributed by atoms with van der Waals surface area (Å²) in [5, 5.41) is 4.89. The maximum atomic E-state index is 11.8. The summed E-state index contributed by atoms with van der Waals surface area (Å²) >= 11 is 0. The first kappa shape index (κ1) is 21.4. The van der Waals surface area contributed by atoms with E-state index < -0.39 is 30.4 Å². The summed E-state index contributed by atoms with van der Waals surface area (Å²) in [7, 11) is 1.27. The van der Waals surface area contributed by atoms with Crippen molar-refractivity contribution in [2.75, 3.05) is 25.6 Å². The molecule has 8 nitrogen and oxygen atoms in total. The minimum absolute atomic E-state index is 0.342. The van der Waals surface area contributed by atoms with Crippen LogP contribution in [0.4, 0.5) is 5.69 Å². The number of amides is 2. The third kappa shape index (κ3) is 7.67. The first-order chi connectivity index (χ1) is 14.0. The van der Waals surface area contributed by atoms with Crippen LogP contribution in [0.3, 0.4) is 0 Å². The van der Waals surface area contributed by atoms with Crippen molar-refractivity contribution < 1.29 is 28.7 Å². The lowest BCUT2D eigenvalue weighted by molar-refractivity contribution is -0.146. The fraction of sp³-hybridized carbons (Fsp3) is 0.143. The van der Waals surface area contributed by atoms with Crippen LogP contribution < -0.4 is 10.6 Å². The number of ether oxygens (including phenoxy) is 2. The third-order valence-corrected chi connectivity index (χ3v) is 3.59. The third-order valence-electron chi connectivity index (χ3n) is 3.59. The average Bonchev–Trinajstić information content (AvgIpc) is 2.75. The second-order valence-corrected chi connectivity index (χ2v) is 5.74. The van der Waals surface area contributed by atoms with E-state index in [1.807, 2.05) is 30.3 Å². The lowest BCUT2D eigenvalue weighted by atomic mass is 10.2. The topological polar surface area (TPSA) is 111 Å². The lowest BCUT2D eigenvalue weighted by Crippen LogP contribution is -2.31. The molecule has 0 saturated carbocycles. The van der Waals surface area contributed by atoms with Crippen molar-refractivity contribution in [1.82, 2.24) is 5.32 Å². The Morgan fingerprint density at radius 1 is 0.966 bits per heavy atom. The Morgan fingerprint density at radius 3 is 2.31 bits per heavy atom. The van der Waals surface area contributed by atoms with E-state index in [1.165, 1.54) is 37.5 Å². The van der Waals surface area contributed by atoms with Gasteiger partial charge in [0.1, 0.15) is 6.54 Å². The van der Waals surface area contributed by atoms with Crippen LogP contribution in [0, 0.1) is 0 Å². The number of rotatable bonds is 8. The van der Waals surface area contributed by atoms with Gasteiger partial charge < -0.3 is 20.1 Å². The SMILES string of the molecule is COC(=O)c1ccc(NC(=O)COC(=O)CNC(=O)/C=C/c2ccccc2)cc1. The predicted molar refractivity (Wildman–Crippen MR) is 106 cm³/mol. The van der Waals surface area contributed by atoms with Gasteiger partial charge in [0.05, 0.1) is 12.7 Å². The largest absolute Gasteiger partial charge is 0.465 e. The van der Waals surface area contributed by atoms with E-state index in [0.717, 1.165) is 5.56 Å². The zero-order chi connectivity index (χ0) is 21.1. The van der Waals surface area contributed by atoms with Gasteiger partial charge in [-0.2, -0.15) is 0 Å². The van der Waals surface area contributed by atoms with Crippen molar-refractivity contribution >= 4 is 35.5 Å². The van der Waals surface area contributed by atoms with Crippen molar-refractivity contribution in [2.45, 2.75) is 0 Å². The molecule has 2 rings (SSSR count). The maximum absolute atomic E-state index is 11.8. The van der Waals surface area contributed by atoms with Gasteiger partial charge in [0.15, 0.2) is 6.61 Å². The second kappa shape index (κ2) is 11.0. The zero-order valence-corrected chi connectivity index (χ0v) is 15.7. The Balaban J connectivity index is 1.69. The van der Waals surface area contributed by atoms with E-state index in [0.29, 0.717) is 11.3 Å². The van der Waals surface area contributed by atoms with Crippen molar-refractivity contribution in [3.8, 4) is 0 Å². The van der Waals surface area contributed by atoms with Gasteiger partial charge in [0.25, 0.3) is 5.91 Å². The Morgan fingerprint density at radius 2 is 1.66 bits per heavy atom. The summed E-state index contributed by atoms with van der Waals surface area (Å²) in [4.78, 5) is 46.5. The summed E-state index contributed by atoms with van der Waals surface area (Å²) < 4.78 is 9.39. The Bertz CT molecular complexity index is 891. The number of carbonyl (C=O) groups is 4. The molecular weight excluding hydrogens is 376 g/mol. The smallest absolute Gasteiger partial charge is 0.337 e. The molecule has 0 aliphatic carbocycles. The molecule has 150 valence electrons. The Kier molecular flexibility index (Phi) is 8.12. The van der Waals surface area contributed by atoms with Gasteiger partial charge >= 0.3 is 11.9 Å². The number of hydrogen-bond acceptors (Lipinski definition) is 6. The van der Waals surface area contributed by atoms with Crippen LogP contribution in [0.1, 0.15) is 15.9 Å². The number of anilines is 1. The van der Waals surface area contributed by atoms with E-state index >= 15 is 0 Å². The first-order valence-corrected chi connectivity index (χ1v) is 8.63. The van der Waals surface area contributed by atoms with Crippen LogP contribution in [-0.2, 0) is 23.9 Å². The van der Waals surface area contributed by atoms with Crippen LogP contribution in [0.5, 0.6) is 0 Å². The molecule has 0 aliphatic heterocycles. The molecule has 2 amide bonds. The van der Waals surface area contributed by atoms with E-state index in [2.05, 4.69) is 15.4 Å². The van der Waals surface area contributed by atoms with Gasteiger partial charge in [-0.1, -0.05) is 30.3 Å². The predicted octanol–water partition coefficient (Wildman–Crippen LogP) is 1.78. The molecule has 2 N–H and O–H groups in total. The van der Waals surface area contributed by atoms with Crippen LogP contribution in [-0.4, -0.2) is 44.0 Å². The number of carbonyl (C=O) groups excluding carboxylic acids is 4. The fourth-order valence-electron chi connectivity index (χ4n) is 2.16. The molecule has 2 aromatic rings. The molecule has 0 aliphatic rings. The number of benzene rings is 2. The fourth-order valence-corrected chi connectivity index (χ4v) is 2.16. The molecule has 29 heavy (non-hydrogen) atoms. The van der Waals surface area contributed by atoms with Crippen molar-refractivity contribution in [1.29, 1.82) is 0 Å². The van der Waals surface area contributed by atoms with E-state index in [1.54, 1.807) is 6.08 Å². The number of esters is 2. The Labute approximate surface area is 167 Å². The monoisotopic (exact) mass is 396 g/mol. The molecule has 0 saturated heterocycles. The van der Waals surface area contributed by atoms with Gasteiger partial charge in [-0.05, 0) is 35.9 Å². The number of nitrogens with one attached hydrogen (secondary N) is 2. The summed E-state index contributed by atoms with van der Waals surface area (Å²) in [6, 6.07) is 15.2. The highest BCUT2D eigenvalue weighted by molar-refractivity contribution is 5.95. The van der Waals surface area contributed by atoms with Gasteiger partial charge in [-0.25, -0.2) is 4.79 Å². The molecule has 0 unspecified atom stereocenters. The summed E-state index contributed by atoms with van der Waals surface area (Å²) in [5.74, 6) is -2.25. The van der Waals surface area contributed by atoms with E-state index in [4.69, 9.17) is 4.74 Å². The van der Waals surface area contributed by atoms with Gasteiger partial charge in [0, 0.05) is 11.8 Å². The summed E-state index contributed by atoms with van der Waals surface area (Å²) in [6.45, 7) is -0.869. The molecule has 2 aromatic carbocycles. The van der Waals surface area contributed by atoms with Gasteiger partial charge in [0.2, 0.25) is 5.91 Å². The molecular formula is C21H20N2O6. The molecule has 0 radical (unpaired) electrons. The number of methoxy groups -OCH3 is 1. The first-order valence-electron chi connectivity index (χ1n) is 8.63. The van der Waals surface area contributed by atoms with Crippen LogP contribution in [0.15, 0.2) is 60.7 Å². The molecule has 0 heterocycles. The molecule has 0 aromatic heterocycles. The highest BCUT2D eigenvalue weighted by Gasteiger charge is 2.10. The highest BCUT2D eigenvalue weighted by Crippen LogP contribution is 2.10. The molecule has 0 atom stereocenters. The van der Waals surface area contributed by atoms with Gasteiger partial charge in [-0.15, -0.1) is 0 Å². The van der Waals surface area contributed by atoms with Crippen molar-refractivity contribution in [2.24, 2.45) is 0 Å². The van der Waals surface area contributed by atoms with Crippen molar-refractivity contribution in [3.05, 3.63) is 71.8 Å². The average molecular weight is 396 g/mol. The minimum Gasteiger partial charge on any atom is -0.465 e.